The minimum Gasteiger partial charge on any atom is -0.351 e. The van der Waals surface area contributed by atoms with E-state index in [4.69, 9.17) is 5.73 Å². The molecule has 2 fully saturated rings. The zero-order chi connectivity index (χ0) is 12.5. The summed E-state index contributed by atoms with van der Waals surface area (Å²) >= 11 is 0. The Morgan fingerprint density at radius 2 is 2.29 bits per heavy atom. The molecule has 2 amide bonds. The molecule has 0 aromatic carbocycles. The first-order valence-electron chi connectivity index (χ1n) is 6.36. The van der Waals surface area contributed by atoms with Gasteiger partial charge in [0.2, 0.25) is 11.8 Å². The van der Waals surface area contributed by atoms with Gasteiger partial charge in [-0.3, -0.25) is 9.59 Å². The third-order valence-electron chi connectivity index (χ3n) is 3.77. The van der Waals surface area contributed by atoms with E-state index < -0.39 is 0 Å². The van der Waals surface area contributed by atoms with Gasteiger partial charge < -0.3 is 16.0 Å². The molecule has 0 aromatic heterocycles. The van der Waals surface area contributed by atoms with Crippen LogP contribution >= 0.6 is 0 Å². The van der Waals surface area contributed by atoms with Gasteiger partial charge in [0.15, 0.2) is 0 Å². The van der Waals surface area contributed by atoms with Crippen LogP contribution in [-0.2, 0) is 9.59 Å². The molecule has 1 saturated heterocycles. The SMILES string of the molecule is CC(CN1CCCC1=O)NC(=O)C1(CN)CC1. The molecular weight excluding hydrogens is 218 g/mol. The van der Waals surface area contributed by atoms with Crippen molar-refractivity contribution in [1.29, 1.82) is 0 Å². The van der Waals surface area contributed by atoms with Gasteiger partial charge in [0, 0.05) is 32.1 Å². The molecule has 1 unspecified atom stereocenters. The lowest BCUT2D eigenvalue weighted by molar-refractivity contribution is -0.130. The van der Waals surface area contributed by atoms with Gasteiger partial charge in [-0.25, -0.2) is 0 Å². The van der Waals surface area contributed by atoms with E-state index in [0.717, 1.165) is 25.8 Å². The van der Waals surface area contributed by atoms with Crippen LogP contribution < -0.4 is 11.1 Å². The van der Waals surface area contributed by atoms with Crippen LogP contribution in [0.15, 0.2) is 0 Å². The molecule has 0 spiro atoms. The van der Waals surface area contributed by atoms with Crippen molar-refractivity contribution in [2.24, 2.45) is 11.1 Å². The van der Waals surface area contributed by atoms with Crippen LogP contribution in [0.3, 0.4) is 0 Å². The molecule has 1 saturated carbocycles. The lowest BCUT2D eigenvalue weighted by atomic mass is 10.1. The smallest absolute Gasteiger partial charge is 0.227 e. The van der Waals surface area contributed by atoms with E-state index in [2.05, 4.69) is 5.32 Å². The topological polar surface area (TPSA) is 75.4 Å². The van der Waals surface area contributed by atoms with Crippen LogP contribution in [0.5, 0.6) is 0 Å². The Morgan fingerprint density at radius 3 is 2.76 bits per heavy atom. The molecule has 2 aliphatic rings. The molecule has 0 radical (unpaired) electrons. The molecule has 1 aliphatic heterocycles. The summed E-state index contributed by atoms with van der Waals surface area (Å²) in [6, 6.07) is 0.00794. The molecule has 1 heterocycles. The molecule has 2 rings (SSSR count). The van der Waals surface area contributed by atoms with Gasteiger partial charge in [0.05, 0.1) is 5.41 Å². The fraction of sp³-hybridized carbons (Fsp3) is 0.833. The maximum Gasteiger partial charge on any atom is 0.227 e. The molecule has 1 aliphatic carbocycles. The van der Waals surface area contributed by atoms with Gasteiger partial charge >= 0.3 is 0 Å². The van der Waals surface area contributed by atoms with E-state index in [1.807, 2.05) is 11.8 Å². The highest BCUT2D eigenvalue weighted by molar-refractivity contribution is 5.86. The van der Waals surface area contributed by atoms with Crippen molar-refractivity contribution < 1.29 is 9.59 Å². The summed E-state index contributed by atoms with van der Waals surface area (Å²) in [5, 5.41) is 2.97. The van der Waals surface area contributed by atoms with Crippen LogP contribution in [0.2, 0.25) is 0 Å². The Kier molecular flexibility index (Phi) is 3.38. The van der Waals surface area contributed by atoms with Crippen molar-refractivity contribution >= 4 is 11.8 Å². The molecule has 5 heteroatoms. The molecule has 96 valence electrons. The molecule has 5 nitrogen and oxygen atoms in total. The molecular formula is C12H21N3O2. The minimum absolute atomic E-state index is 0.00794. The van der Waals surface area contributed by atoms with Crippen LogP contribution in [0.25, 0.3) is 0 Å². The molecule has 1 atom stereocenters. The van der Waals surface area contributed by atoms with Crippen LogP contribution in [0.4, 0.5) is 0 Å². The van der Waals surface area contributed by atoms with Gasteiger partial charge in [-0.15, -0.1) is 0 Å². The van der Waals surface area contributed by atoms with Gasteiger partial charge in [-0.2, -0.15) is 0 Å². The normalized spacial score (nSPS) is 23.6. The first-order chi connectivity index (χ1) is 8.07. The molecule has 0 bridgehead atoms. The van der Waals surface area contributed by atoms with E-state index in [1.54, 1.807) is 0 Å². The van der Waals surface area contributed by atoms with Crippen LogP contribution in [0, 0.1) is 5.41 Å². The van der Waals surface area contributed by atoms with Crippen LogP contribution in [0.1, 0.15) is 32.6 Å². The van der Waals surface area contributed by atoms with E-state index in [0.29, 0.717) is 19.5 Å². The summed E-state index contributed by atoms with van der Waals surface area (Å²) in [4.78, 5) is 25.2. The lowest BCUT2D eigenvalue weighted by Crippen LogP contribution is -2.46. The summed E-state index contributed by atoms with van der Waals surface area (Å²) in [6.45, 7) is 3.80. The number of carbonyl (C=O) groups excluding carboxylic acids is 2. The van der Waals surface area contributed by atoms with Crippen molar-refractivity contribution in [3.05, 3.63) is 0 Å². The number of rotatable bonds is 5. The average Bonchev–Trinajstić information content (AvgIpc) is 3.00. The first-order valence-corrected chi connectivity index (χ1v) is 6.36. The maximum atomic E-state index is 11.9. The van der Waals surface area contributed by atoms with Gasteiger partial charge in [0.1, 0.15) is 0 Å². The average molecular weight is 239 g/mol. The van der Waals surface area contributed by atoms with E-state index >= 15 is 0 Å². The predicted molar refractivity (Wildman–Crippen MR) is 64.1 cm³/mol. The van der Waals surface area contributed by atoms with Crippen molar-refractivity contribution in [3.63, 3.8) is 0 Å². The number of likely N-dealkylation sites (tertiary alicyclic amines) is 1. The van der Waals surface area contributed by atoms with E-state index in [9.17, 15) is 9.59 Å². The van der Waals surface area contributed by atoms with Gasteiger partial charge in [0.25, 0.3) is 0 Å². The second kappa shape index (κ2) is 4.64. The lowest BCUT2D eigenvalue weighted by Gasteiger charge is -2.23. The molecule has 3 N–H and O–H groups in total. The second-order valence-electron chi connectivity index (χ2n) is 5.30. The van der Waals surface area contributed by atoms with E-state index in [1.165, 1.54) is 0 Å². The summed E-state index contributed by atoms with van der Waals surface area (Å²) in [5.41, 5.74) is 5.30. The largest absolute Gasteiger partial charge is 0.351 e. The Labute approximate surface area is 102 Å². The zero-order valence-corrected chi connectivity index (χ0v) is 10.4. The quantitative estimate of drug-likeness (QED) is 0.700. The van der Waals surface area contributed by atoms with Crippen molar-refractivity contribution in [1.82, 2.24) is 10.2 Å². The standard InChI is InChI=1S/C12H21N3O2/c1-9(7-15-6-2-3-10(15)16)14-11(17)12(8-13)4-5-12/h9H,2-8,13H2,1H3,(H,14,17). The molecule has 17 heavy (non-hydrogen) atoms. The van der Waals surface area contributed by atoms with Crippen LogP contribution in [-0.4, -0.2) is 42.4 Å². The minimum atomic E-state index is -0.302. The van der Waals surface area contributed by atoms with Crippen molar-refractivity contribution in [2.75, 3.05) is 19.6 Å². The zero-order valence-electron chi connectivity index (χ0n) is 10.4. The Balaban J connectivity index is 1.79. The Morgan fingerprint density at radius 1 is 1.59 bits per heavy atom. The summed E-state index contributed by atoms with van der Waals surface area (Å²) in [7, 11) is 0. The fourth-order valence-electron chi connectivity index (χ4n) is 2.32. The predicted octanol–water partition coefficient (Wildman–Crippen LogP) is -0.148. The number of hydrogen-bond acceptors (Lipinski definition) is 3. The number of amides is 2. The fourth-order valence-corrected chi connectivity index (χ4v) is 2.32. The summed E-state index contributed by atoms with van der Waals surface area (Å²) < 4.78 is 0. The third-order valence-corrected chi connectivity index (χ3v) is 3.77. The second-order valence-corrected chi connectivity index (χ2v) is 5.30. The number of hydrogen-bond donors (Lipinski definition) is 2. The Bertz CT molecular complexity index is 326. The maximum absolute atomic E-state index is 11.9. The number of carbonyl (C=O) groups is 2. The van der Waals surface area contributed by atoms with Gasteiger partial charge in [-0.1, -0.05) is 0 Å². The number of nitrogens with zero attached hydrogens (tertiary/aromatic N) is 1. The van der Waals surface area contributed by atoms with Crippen molar-refractivity contribution in [3.8, 4) is 0 Å². The molecule has 0 aromatic rings. The summed E-state index contributed by atoms with van der Waals surface area (Å²) in [6.07, 6.45) is 3.37. The Hall–Kier alpha value is -1.10. The van der Waals surface area contributed by atoms with Crippen molar-refractivity contribution in [2.45, 2.75) is 38.6 Å². The highest BCUT2D eigenvalue weighted by atomic mass is 16.2. The van der Waals surface area contributed by atoms with E-state index in [-0.39, 0.29) is 23.3 Å². The highest BCUT2D eigenvalue weighted by Crippen LogP contribution is 2.44. The number of nitrogens with one attached hydrogen (secondary N) is 1. The summed E-state index contributed by atoms with van der Waals surface area (Å²) in [5.74, 6) is 0.255. The number of nitrogens with two attached hydrogens (primary N) is 1. The third kappa shape index (κ3) is 2.60. The monoisotopic (exact) mass is 239 g/mol. The first kappa shape index (κ1) is 12.4. The highest BCUT2D eigenvalue weighted by Gasteiger charge is 2.48. The van der Waals surface area contributed by atoms with Gasteiger partial charge in [-0.05, 0) is 26.2 Å².